The number of amides is 2. The molecule has 0 radical (unpaired) electrons. The Hall–Kier alpha value is -3.59. The van der Waals surface area contributed by atoms with Crippen molar-refractivity contribution in [2.24, 2.45) is 5.16 Å². The summed E-state index contributed by atoms with van der Waals surface area (Å²) in [6.07, 6.45) is 2.29. The number of nitrogens with two attached hydrogens (primary N) is 1. The summed E-state index contributed by atoms with van der Waals surface area (Å²) in [4.78, 5) is 42.5. The lowest BCUT2D eigenvalue weighted by molar-refractivity contribution is -0.155. The number of allylic oxidation sites excluding steroid dienone is 1. The average molecular weight is 462 g/mol. The molecule has 0 unspecified atom stereocenters. The van der Waals surface area contributed by atoms with E-state index in [1.165, 1.54) is 6.20 Å². The van der Waals surface area contributed by atoms with E-state index in [2.05, 4.69) is 30.0 Å². The maximum atomic E-state index is 12.7. The van der Waals surface area contributed by atoms with Crippen LogP contribution in [0.3, 0.4) is 0 Å². The number of β-lactam (4-membered cyclic amide) rings is 1. The van der Waals surface area contributed by atoms with Gasteiger partial charge in [0.2, 0.25) is 11.5 Å². The van der Waals surface area contributed by atoms with Crippen molar-refractivity contribution in [1.29, 1.82) is 0 Å². The fourth-order valence-corrected chi connectivity index (χ4v) is 4.75. The first kappa shape index (κ1) is 20.7. The van der Waals surface area contributed by atoms with Crippen molar-refractivity contribution in [2.75, 3.05) is 5.73 Å². The molecule has 0 spiro atoms. The van der Waals surface area contributed by atoms with E-state index >= 15 is 0 Å². The number of hydrogen-bond acceptors (Lipinski definition) is 12. The minimum absolute atomic E-state index is 0.0755. The molecule has 31 heavy (non-hydrogen) atoms. The van der Waals surface area contributed by atoms with Crippen LogP contribution in [0.15, 0.2) is 39.1 Å². The Morgan fingerprint density at radius 3 is 2.84 bits per heavy atom. The largest absolute Gasteiger partial charge is 0.477 e. The second-order valence-electron chi connectivity index (χ2n) is 6.41. The van der Waals surface area contributed by atoms with E-state index in [-0.39, 0.29) is 16.7 Å². The minimum Gasteiger partial charge on any atom is -0.477 e. The first-order valence-electron chi connectivity index (χ1n) is 8.78. The molecule has 2 aromatic heterocycles. The fourth-order valence-electron chi connectivity index (χ4n) is 3.33. The van der Waals surface area contributed by atoms with Crippen LogP contribution in [-0.4, -0.2) is 70.3 Å². The molecular formula is C16H14N8O5S2. The van der Waals surface area contributed by atoms with E-state index in [9.17, 15) is 19.5 Å². The first-order valence-corrected chi connectivity index (χ1v) is 10.4. The van der Waals surface area contributed by atoms with Crippen LogP contribution in [0.25, 0.3) is 0 Å². The SMILES string of the molecule is Nc1nc(/C(=N/O)C(=O)N[C@@H]2C(=O)N3C(C(=O)O)=C(Sc4cccnn4)CC[C@H]23)ns1. The number of nitrogen functional groups attached to an aromatic ring is 1. The van der Waals surface area contributed by atoms with Crippen LogP contribution in [0.4, 0.5) is 5.13 Å². The summed E-state index contributed by atoms with van der Waals surface area (Å²) in [5.74, 6) is -2.90. The number of aromatic nitrogens is 4. The summed E-state index contributed by atoms with van der Waals surface area (Å²) in [5, 5.41) is 32.5. The number of carboxylic acid groups (broad SMARTS) is 1. The van der Waals surface area contributed by atoms with Crippen LogP contribution in [0.5, 0.6) is 0 Å². The smallest absolute Gasteiger partial charge is 0.353 e. The van der Waals surface area contributed by atoms with Gasteiger partial charge < -0.3 is 21.4 Å². The number of anilines is 1. The molecule has 0 bridgehead atoms. The van der Waals surface area contributed by atoms with Crippen molar-refractivity contribution in [3.63, 3.8) is 0 Å². The third-order valence-corrected chi connectivity index (χ3v) is 6.24. The molecule has 4 rings (SSSR count). The summed E-state index contributed by atoms with van der Waals surface area (Å²) < 4.78 is 3.80. The second-order valence-corrected chi connectivity index (χ2v) is 8.31. The normalized spacial score (nSPS) is 20.8. The lowest BCUT2D eigenvalue weighted by Gasteiger charge is -2.50. The van der Waals surface area contributed by atoms with Crippen molar-refractivity contribution in [3.8, 4) is 0 Å². The van der Waals surface area contributed by atoms with Gasteiger partial charge in [-0.15, -0.1) is 5.10 Å². The first-order chi connectivity index (χ1) is 14.9. The van der Waals surface area contributed by atoms with Crippen molar-refractivity contribution in [1.82, 2.24) is 29.8 Å². The zero-order valence-corrected chi connectivity index (χ0v) is 17.1. The monoisotopic (exact) mass is 462 g/mol. The van der Waals surface area contributed by atoms with Crippen molar-refractivity contribution >= 4 is 51.9 Å². The van der Waals surface area contributed by atoms with Crippen LogP contribution >= 0.6 is 23.3 Å². The van der Waals surface area contributed by atoms with Gasteiger partial charge in [0.1, 0.15) is 16.8 Å². The highest BCUT2D eigenvalue weighted by Crippen LogP contribution is 2.42. The molecule has 4 heterocycles. The van der Waals surface area contributed by atoms with E-state index in [4.69, 9.17) is 10.9 Å². The van der Waals surface area contributed by atoms with Crippen molar-refractivity contribution in [3.05, 3.63) is 34.8 Å². The number of aliphatic carboxylic acids is 1. The molecule has 15 heteroatoms. The quantitative estimate of drug-likeness (QED) is 0.190. The van der Waals surface area contributed by atoms with Gasteiger partial charge in [-0.2, -0.15) is 14.5 Å². The number of carboxylic acids is 1. The van der Waals surface area contributed by atoms with E-state index < -0.39 is 35.6 Å². The molecule has 0 aromatic carbocycles. The number of oxime groups is 1. The lowest BCUT2D eigenvalue weighted by Crippen LogP contribution is -2.72. The molecule has 1 saturated heterocycles. The molecule has 2 aromatic rings. The predicted molar refractivity (Wildman–Crippen MR) is 107 cm³/mol. The third-order valence-electron chi connectivity index (χ3n) is 4.63. The Morgan fingerprint density at radius 1 is 1.42 bits per heavy atom. The van der Waals surface area contributed by atoms with E-state index in [1.54, 1.807) is 12.1 Å². The highest BCUT2D eigenvalue weighted by molar-refractivity contribution is 8.03. The van der Waals surface area contributed by atoms with Crippen LogP contribution in [0, 0.1) is 0 Å². The van der Waals surface area contributed by atoms with E-state index in [0.717, 1.165) is 28.2 Å². The molecule has 2 atom stereocenters. The van der Waals surface area contributed by atoms with Gasteiger partial charge in [0.05, 0.1) is 6.04 Å². The maximum Gasteiger partial charge on any atom is 0.353 e. The van der Waals surface area contributed by atoms with Crippen LogP contribution in [0.2, 0.25) is 0 Å². The molecule has 160 valence electrons. The number of carbonyl (C=O) groups excluding carboxylic acids is 2. The molecule has 0 aliphatic carbocycles. The molecule has 2 aliphatic rings. The predicted octanol–water partition coefficient (Wildman–Crippen LogP) is -0.333. The second kappa shape index (κ2) is 8.27. The highest BCUT2D eigenvalue weighted by atomic mass is 32.2. The van der Waals surface area contributed by atoms with Crippen molar-refractivity contribution < 1.29 is 24.7 Å². The number of fused-ring (bicyclic) bond motifs is 1. The van der Waals surface area contributed by atoms with Crippen LogP contribution < -0.4 is 11.1 Å². The van der Waals surface area contributed by atoms with Crippen LogP contribution in [0.1, 0.15) is 18.7 Å². The molecule has 2 amide bonds. The summed E-state index contributed by atoms with van der Waals surface area (Å²) in [6, 6.07) is 1.83. The van der Waals surface area contributed by atoms with Gasteiger partial charge >= 0.3 is 5.97 Å². The zero-order chi connectivity index (χ0) is 22.1. The molecular weight excluding hydrogens is 448 g/mol. The number of hydrogen-bond donors (Lipinski definition) is 4. The average Bonchev–Trinajstić information content (AvgIpc) is 3.18. The van der Waals surface area contributed by atoms with E-state index in [0.29, 0.717) is 22.8 Å². The van der Waals surface area contributed by atoms with Gasteiger partial charge in [-0.25, -0.2) is 4.79 Å². The Bertz CT molecular complexity index is 1120. The summed E-state index contributed by atoms with van der Waals surface area (Å²) in [7, 11) is 0. The molecule has 5 N–H and O–H groups in total. The van der Waals surface area contributed by atoms with Crippen molar-refractivity contribution in [2.45, 2.75) is 30.0 Å². The number of nitrogens with one attached hydrogen (secondary N) is 1. The maximum absolute atomic E-state index is 12.7. The van der Waals surface area contributed by atoms with Gasteiger partial charge in [0.25, 0.3) is 11.8 Å². The van der Waals surface area contributed by atoms with Gasteiger partial charge in [-0.3, -0.25) is 14.5 Å². The lowest BCUT2D eigenvalue weighted by atomic mass is 9.86. The van der Waals surface area contributed by atoms with Gasteiger partial charge in [0.15, 0.2) is 5.13 Å². The fraction of sp³-hybridized carbons (Fsp3) is 0.250. The molecule has 2 aliphatic heterocycles. The summed E-state index contributed by atoms with van der Waals surface area (Å²) in [5.41, 5.74) is 4.83. The summed E-state index contributed by atoms with van der Waals surface area (Å²) in [6.45, 7) is 0. The highest BCUT2D eigenvalue weighted by Gasteiger charge is 2.54. The Labute approximate surface area is 182 Å². The Morgan fingerprint density at radius 2 is 2.23 bits per heavy atom. The number of thioether (sulfide) groups is 1. The van der Waals surface area contributed by atoms with E-state index in [1.807, 2.05) is 0 Å². The van der Waals surface area contributed by atoms with Gasteiger partial charge in [0, 0.05) is 22.6 Å². The zero-order valence-electron chi connectivity index (χ0n) is 15.5. The molecule has 13 nitrogen and oxygen atoms in total. The van der Waals surface area contributed by atoms with Gasteiger partial charge in [-0.05, 0) is 25.0 Å². The van der Waals surface area contributed by atoms with Gasteiger partial charge in [-0.1, -0.05) is 16.9 Å². The Balaban J connectivity index is 1.52. The number of carbonyl (C=O) groups is 3. The number of rotatable bonds is 6. The standard InChI is InChI=1S/C16H14N8O5S2/c17-16-20-12(23-31-16)10(22-29)13(25)19-9-6-3-4-7(30-8-2-1-5-18-21-8)11(15(27)28)24(6)14(9)26/h1-2,5-6,9,29H,3-4H2,(H,19,25)(H,27,28)(H2,17,20,23)/b22-10-/t6-,9+/m1/s1. The summed E-state index contributed by atoms with van der Waals surface area (Å²) >= 11 is 1.94. The Kier molecular flexibility index (Phi) is 5.51. The topological polar surface area (TPSA) is 197 Å². The molecule has 0 saturated carbocycles. The number of nitrogens with zero attached hydrogens (tertiary/aromatic N) is 6. The third kappa shape index (κ3) is 3.79. The molecule has 1 fully saturated rings. The minimum atomic E-state index is -1.26. The van der Waals surface area contributed by atoms with Crippen LogP contribution in [-0.2, 0) is 14.4 Å².